The SMILES string of the molecule is CN(CCc1ccncc1)CC(=O)O. The molecule has 0 amide bonds. The number of hydrogen-bond donors (Lipinski definition) is 1. The maximum Gasteiger partial charge on any atom is 0.317 e. The highest BCUT2D eigenvalue weighted by atomic mass is 16.4. The molecule has 0 aliphatic heterocycles. The molecule has 0 aliphatic carbocycles. The van der Waals surface area contributed by atoms with Gasteiger partial charge in [0.25, 0.3) is 0 Å². The van der Waals surface area contributed by atoms with E-state index in [-0.39, 0.29) is 6.54 Å². The van der Waals surface area contributed by atoms with Crippen molar-refractivity contribution in [2.45, 2.75) is 6.42 Å². The Labute approximate surface area is 83.2 Å². The number of rotatable bonds is 5. The fraction of sp³-hybridized carbons (Fsp3) is 0.400. The zero-order valence-corrected chi connectivity index (χ0v) is 8.18. The van der Waals surface area contributed by atoms with E-state index >= 15 is 0 Å². The Balaban J connectivity index is 2.30. The van der Waals surface area contributed by atoms with Gasteiger partial charge in [0.05, 0.1) is 6.54 Å². The molecule has 4 heteroatoms. The van der Waals surface area contributed by atoms with Crippen molar-refractivity contribution in [1.82, 2.24) is 9.88 Å². The Morgan fingerprint density at radius 1 is 1.50 bits per heavy atom. The molecule has 0 saturated carbocycles. The minimum atomic E-state index is -0.790. The van der Waals surface area contributed by atoms with E-state index in [9.17, 15) is 4.79 Å². The lowest BCUT2D eigenvalue weighted by atomic mass is 10.2. The Bertz CT molecular complexity index is 287. The normalized spacial score (nSPS) is 10.4. The molecule has 1 rings (SSSR count). The lowest BCUT2D eigenvalue weighted by Gasteiger charge is -2.13. The summed E-state index contributed by atoms with van der Waals surface area (Å²) < 4.78 is 0. The van der Waals surface area contributed by atoms with Crippen LogP contribution in [0.15, 0.2) is 24.5 Å². The number of carbonyl (C=O) groups is 1. The van der Waals surface area contributed by atoms with Crippen molar-refractivity contribution in [1.29, 1.82) is 0 Å². The van der Waals surface area contributed by atoms with Gasteiger partial charge in [-0.25, -0.2) is 0 Å². The van der Waals surface area contributed by atoms with Crippen LogP contribution in [0, 0.1) is 0 Å². The monoisotopic (exact) mass is 194 g/mol. The summed E-state index contributed by atoms with van der Waals surface area (Å²) in [4.78, 5) is 16.1. The molecule has 0 spiro atoms. The molecule has 1 aromatic rings. The van der Waals surface area contributed by atoms with Crippen LogP contribution in [0.1, 0.15) is 5.56 Å². The molecule has 76 valence electrons. The van der Waals surface area contributed by atoms with Gasteiger partial charge in [0, 0.05) is 18.9 Å². The van der Waals surface area contributed by atoms with Crippen molar-refractivity contribution in [2.75, 3.05) is 20.1 Å². The third kappa shape index (κ3) is 4.00. The average molecular weight is 194 g/mol. The highest BCUT2D eigenvalue weighted by Gasteiger charge is 2.03. The summed E-state index contributed by atoms with van der Waals surface area (Å²) in [5, 5.41) is 8.53. The fourth-order valence-electron chi connectivity index (χ4n) is 1.18. The summed E-state index contributed by atoms with van der Waals surface area (Å²) in [6, 6.07) is 3.88. The minimum Gasteiger partial charge on any atom is -0.480 e. The van der Waals surface area contributed by atoms with E-state index in [1.54, 1.807) is 24.3 Å². The predicted octanol–water partition coefficient (Wildman–Crippen LogP) is 0.641. The Kier molecular flexibility index (Phi) is 4.07. The van der Waals surface area contributed by atoms with Gasteiger partial charge in [-0.3, -0.25) is 14.7 Å². The molecule has 0 aliphatic rings. The number of likely N-dealkylation sites (N-methyl/N-ethyl adjacent to an activating group) is 1. The largest absolute Gasteiger partial charge is 0.480 e. The summed E-state index contributed by atoms with van der Waals surface area (Å²) in [5.41, 5.74) is 1.18. The summed E-state index contributed by atoms with van der Waals surface area (Å²) in [5.74, 6) is -0.790. The maximum atomic E-state index is 10.4. The zero-order valence-electron chi connectivity index (χ0n) is 8.18. The molecule has 0 saturated heterocycles. The van der Waals surface area contributed by atoms with Gasteiger partial charge in [0.2, 0.25) is 0 Å². The van der Waals surface area contributed by atoms with E-state index in [0.29, 0.717) is 0 Å². The van der Waals surface area contributed by atoms with E-state index in [1.807, 2.05) is 12.1 Å². The van der Waals surface area contributed by atoms with Crippen molar-refractivity contribution < 1.29 is 9.90 Å². The zero-order chi connectivity index (χ0) is 10.4. The lowest BCUT2D eigenvalue weighted by molar-refractivity contribution is -0.137. The first-order valence-corrected chi connectivity index (χ1v) is 4.47. The van der Waals surface area contributed by atoms with Crippen molar-refractivity contribution >= 4 is 5.97 Å². The van der Waals surface area contributed by atoms with Crippen LogP contribution < -0.4 is 0 Å². The second-order valence-corrected chi connectivity index (χ2v) is 3.24. The number of aromatic nitrogens is 1. The maximum absolute atomic E-state index is 10.4. The first kappa shape index (κ1) is 10.7. The van der Waals surface area contributed by atoms with Crippen molar-refractivity contribution in [3.63, 3.8) is 0 Å². The van der Waals surface area contributed by atoms with E-state index in [0.717, 1.165) is 13.0 Å². The molecule has 0 radical (unpaired) electrons. The van der Waals surface area contributed by atoms with Gasteiger partial charge in [-0.2, -0.15) is 0 Å². The molecule has 1 N–H and O–H groups in total. The van der Waals surface area contributed by atoms with E-state index < -0.39 is 5.97 Å². The highest BCUT2D eigenvalue weighted by molar-refractivity contribution is 5.68. The van der Waals surface area contributed by atoms with Crippen LogP contribution in [0.3, 0.4) is 0 Å². The molecule has 1 heterocycles. The van der Waals surface area contributed by atoms with E-state index in [2.05, 4.69) is 4.98 Å². The lowest BCUT2D eigenvalue weighted by Crippen LogP contribution is -2.27. The van der Waals surface area contributed by atoms with Gasteiger partial charge in [0.1, 0.15) is 0 Å². The number of aliphatic carboxylic acids is 1. The molecule has 0 fully saturated rings. The fourth-order valence-corrected chi connectivity index (χ4v) is 1.18. The van der Waals surface area contributed by atoms with Gasteiger partial charge in [-0.15, -0.1) is 0 Å². The standard InChI is InChI=1S/C10H14N2O2/c1-12(8-10(13)14)7-4-9-2-5-11-6-3-9/h2-3,5-6H,4,7-8H2,1H3,(H,13,14). The van der Waals surface area contributed by atoms with Crippen molar-refractivity contribution in [2.24, 2.45) is 0 Å². The van der Waals surface area contributed by atoms with Crippen LogP contribution in [0.25, 0.3) is 0 Å². The molecular formula is C10H14N2O2. The van der Waals surface area contributed by atoms with Crippen molar-refractivity contribution in [3.8, 4) is 0 Å². The van der Waals surface area contributed by atoms with Crippen LogP contribution >= 0.6 is 0 Å². The number of nitrogens with zero attached hydrogens (tertiary/aromatic N) is 2. The number of carboxylic acid groups (broad SMARTS) is 1. The van der Waals surface area contributed by atoms with E-state index in [1.165, 1.54) is 5.56 Å². The Morgan fingerprint density at radius 3 is 2.71 bits per heavy atom. The molecule has 0 aromatic carbocycles. The molecule has 0 atom stereocenters. The van der Waals surface area contributed by atoms with Gasteiger partial charge >= 0.3 is 5.97 Å². The topological polar surface area (TPSA) is 53.4 Å². The quantitative estimate of drug-likeness (QED) is 0.747. The summed E-state index contributed by atoms with van der Waals surface area (Å²) >= 11 is 0. The third-order valence-electron chi connectivity index (χ3n) is 1.94. The van der Waals surface area contributed by atoms with Gasteiger partial charge < -0.3 is 5.11 Å². The van der Waals surface area contributed by atoms with Crippen LogP contribution in [0.5, 0.6) is 0 Å². The van der Waals surface area contributed by atoms with Crippen LogP contribution in [0.2, 0.25) is 0 Å². The summed E-state index contributed by atoms with van der Waals surface area (Å²) in [6.07, 6.45) is 4.34. The van der Waals surface area contributed by atoms with E-state index in [4.69, 9.17) is 5.11 Å². The van der Waals surface area contributed by atoms with Crippen LogP contribution in [0.4, 0.5) is 0 Å². The predicted molar refractivity (Wildman–Crippen MR) is 53.1 cm³/mol. The number of carboxylic acids is 1. The van der Waals surface area contributed by atoms with Gasteiger partial charge in [-0.05, 0) is 31.2 Å². The summed E-state index contributed by atoms with van der Waals surface area (Å²) in [6.45, 7) is 0.835. The van der Waals surface area contributed by atoms with Crippen LogP contribution in [-0.2, 0) is 11.2 Å². The summed E-state index contributed by atoms with van der Waals surface area (Å²) in [7, 11) is 1.80. The molecule has 4 nitrogen and oxygen atoms in total. The third-order valence-corrected chi connectivity index (χ3v) is 1.94. The second kappa shape index (κ2) is 5.34. The molecule has 14 heavy (non-hydrogen) atoms. The molecular weight excluding hydrogens is 180 g/mol. The van der Waals surface area contributed by atoms with Crippen molar-refractivity contribution in [3.05, 3.63) is 30.1 Å². The minimum absolute atomic E-state index is 0.0884. The molecule has 0 bridgehead atoms. The highest BCUT2D eigenvalue weighted by Crippen LogP contribution is 1.98. The first-order valence-electron chi connectivity index (χ1n) is 4.47. The van der Waals surface area contributed by atoms with Gasteiger partial charge in [0.15, 0.2) is 0 Å². The first-order chi connectivity index (χ1) is 6.68. The second-order valence-electron chi connectivity index (χ2n) is 3.24. The van der Waals surface area contributed by atoms with Crippen LogP contribution in [-0.4, -0.2) is 41.1 Å². The number of hydrogen-bond acceptors (Lipinski definition) is 3. The Hall–Kier alpha value is -1.42. The smallest absolute Gasteiger partial charge is 0.317 e. The van der Waals surface area contributed by atoms with Gasteiger partial charge in [-0.1, -0.05) is 0 Å². The molecule has 0 unspecified atom stereocenters. The average Bonchev–Trinajstić information content (AvgIpc) is 2.15. The molecule has 1 aromatic heterocycles. The Morgan fingerprint density at radius 2 is 2.14 bits per heavy atom. The number of pyridine rings is 1.